The largest absolute Gasteiger partial charge is 0.337 e. The molecule has 0 saturated heterocycles. The van der Waals surface area contributed by atoms with Crippen molar-refractivity contribution in [2.24, 2.45) is 5.92 Å². The standard InChI is InChI=1S/C20H27N3O2/c1-13(2)23-19(24)16-11-7-6-10-15(16)18(21-23)20(25)22(4)17-12-8-5-9-14(17)3/h6-7,10-11,13-14,17H,5,8-9,12H2,1-4H3. The zero-order chi connectivity index (χ0) is 18.1. The van der Waals surface area contributed by atoms with Gasteiger partial charge in [-0.15, -0.1) is 0 Å². The normalized spacial score (nSPS) is 20.8. The van der Waals surface area contributed by atoms with Gasteiger partial charge >= 0.3 is 0 Å². The van der Waals surface area contributed by atoms with Gasteiger partial charge in [-0.25, -0.2) is 4.68 Å². The van der Waals surface area contributed by atoms with Crippen LogP contribution in [0.15, 0.2) is 29.1 Å². The Morgan fingerprint density at radius 1 is 1.20 bits per heavy atom. The van der Waals surface area contributed by atoms with Crippen molar-refractivity contribution in [2.75, 3.05) is 7.05 Å². The average Bonchev–Trinajstić information content (AvgIpc) is 2.61. The highest BCUT2D eigenvalue weighted by Crippen LogP contribution is 2.28. The van der Waals surface area contributed by atoms with Gasteiger partial charge in [0.05, 0.1) is 11.4 Å². The molecule has 0 aliphatic heterocycles. The van der Waals surface area contributed by atoms with Gasteiger partial charge in [0.25, 0.3) is 11.5 Å². The number of fused-ring (bicyclic) bond motifs is 1. The molecule has 1 fully saturated rings. The predicted octanol–water partition coefficient (Wildman–Crippen LogP) is 3.63. The van der Waals surface area contributed by atoms with Crippen LogP contribution in [0.4, 0.5) is 0 Å². The summed E-state index contributed by atoms with van der Waals surface area (Å²) in [5.41, 5.74) is 0.236. The van der Waals surface area contributed by atoms with Crippen molar-refractivity contribution in [3.05, 3.63) is 40.3 Å². The number of nitrogens with zero attached hydrogens (tertiary/aromatic N) is 3. The van der Waals surface area contributed by atoms with Crippen LogP contribution in [0.5, 0.6) is 0 Å². The van der Waals surface area contributed by atoms with E-state index in [9.17, 15) is 9.59 Å². The van der Waals surface area contributed by atoms with E-state index in [4.69, 9.17) is 0 Å². The molecule has 1 amide bonds. The molecule has 0 N–H and O–H groups in total. The lowest BCUT2D eigenvalue weighted by molar-refractivity contribution is 0.0622. The second-order valence-electron chi connectivity index (χ2n) is 7.48. The SMILES string of the molecule is CC1CCCCC1N(C)C(=O)c1nn(C(C)C)c(=O)c2ccccc12. The van der Waals surface area contributed by atoms with E-state index in [2.05, 4.69) is 12.0 Å². The van der Waals surface area contributed by atoms with Crippen LogP contribution >= 0.6 is 0 Å². The maximum absolute atomic E-state index is 13.2. The summed E-state index contributed by atoms with van der Waals surface area (Å²) in [5.74, 6) is 0.398. The molecule has 1 aromatic carbocycles. The van der Waals surface area contributed by atoms with Crippen LogP contribution in [0.25, 0.3) is 10.8 Å². The minimum absolute atomic E-state index is 0.0932. The first-order valence-electron chi connectivity index (χ1n) is 9.20. The molecule has 0 bridgehead atoms. The van der Waals surface area contributed by atoms with E-state index in [1.807, 2.05) is 44.0 Å². The summed E-state index contributed by atoms with van der Waals surface area (Å²) in [6.45, 7) is 6.03. The van der Waals surface area contributed by atoms with Crippen molar-refractivity contribution in [3.63, 3.8) is 0 Å². The van der Waals surface area contributed by atoms with Gasteiger partial charge < -0.3 is 4.90 Å². The smallest absolute Gasteiger partial charge is 0.274 e. The van der Waals surface area contributed by atoms with Gasteiger partial charge in [0, 0.05) is 18.5 Å². The monoisotopic (exact) mass is 341 g/mol. The van der Waals surface area contributed by atoms with Gasteiger partial charge in [0.15, 0.2) is 5.69 Å². The second kappa shape index (κ2) is 6.98. The van der Waals surface area contributed by atoms with Crippen LogP contribution in [0.1, 0.15) is 63.0 Å². The summed E-state index contributed by atoms with van der Waals surface area (Å²) in [6, 6.07) is 7.42. The molecule has 5 nitrogen and oxygen atoms in total. The Balaban J connectivity index is 2.09. The van der Waals surface area contributed by atoms with E-state index in [1.54, 1.807) is 6.07 Å². The van der Waals surface area contributed by atoms with Crippen LogP contribution in [-0.4, -0.2) is 33.7 Å². The quantitative estimate of drug-likeness (QED) is 0.856. The van der Waals surface area contributed by atoms with E-state index in [0.717, 1.165) is 19.3 Å². The predicted molar refractivity (Wildman–Crippen MR) is 99.9 cm³/mol. The van der Waals surface area contributed by atoms with E-state index in [0.29, 0.717) is 22.4 Å². The first-order valence-corrected chi connectivity index (χ1v) is 9.20. The van der Waals surface area contributed by atoms with Crippen molar-refractivity contribution in [3.8, 4) is 0 Å². The fraction of sp³-hybridized carbons (Fsp3) is 0.550. The number of rotatable bonds is 3. The minimum atomic E-state index is -0.143. The third-order valence-electron chi connectivity index (χ3n) is 5.40. The van der Waals surface area contributed by atoms with E-state index in [-0.39, 0.29) is 23.6 Å². The van der Waals surface area contributed by atoms with Crippen molar-refractivity contribution in [1.29, 1.82) is 0 Å². The van der Waals surface area contributed by atoms with Crippen molar-refractivity contribution in [1.82, 2.24) is 14.7 Å². The van der Waals surface area contributed by atoms with Crippen molar-refractivity contribution < 1.29 is 4.79 Å². The van der Waals surface area contributed by atoms with Crippen LogP contribution in [0, 0.1) is 5.92 Å². The summed E-state index contributed by atoms with van der Waals surface area (Å²) in [5, 5.41) is 5.65. The molecule has 0 spiro atoms. The molecule has 1 aliphatic rings. The molecule has 1 heterocycles. The Hall–Kier alpha value is -2.17. The van der Waals surface area contributed by atoms with Gasteiger partial charge in [-0.1, -0.05) is 38.0 Å². The number of aromatic nitrogens is 2. The van der Waals surface area contributed by atoms with Crippen molar-refractivity contribution in [2.45, 2.75) is 58.5 Å². The Morgan fingerprint density at radius 3 is 2.48 bits per heavy atom. The molecule has 5 heteroatoms. The minimum Gasteiger partial charge on any atom is -0.337 e. The lowest BCUT2D eigenvalue weighted by Crippen LogP contribution is -2.43. The topological polar surface area (TPSA) is 55.2 Å². The van der Waals surface area contributed by atoms with Gasteiger partial charge in [-0.05, 0) is 38.7 Å². The summed E-state index contributed by atoms with van der Waals surface area (Å²) in [6.07, 6.45) is 4.58. The molecule has 3 rings (SSSR count). The van der Waals surface area contributed by atoms with Gasteiger partial charge in [-0.2, -0.15) is 5.10 Å². The maximum Gasteiger partial charge on any atom is 0.274 e. The number of carbonyl (C=O) groups excluding carboxylic acids is 1. The lowest BCUT2D eigenvalue weighted by atomic mass is 9.85. The Labute approximate surface area is 148 Å². The number of carbonyl (C=O) groups is 1. The Kier molecular flexibility index (Phi) is 4.93. The molecular formula is C20H27N3O2. The van der Waals surface area contributed by atoms with Gasteiger partial charge in [0.2, 0.25) is 0 Å². The molecule has 2 atom stereocenters. The van der Waals surface area contributed by atoms with Crippen LogP contribution in [0.3, 0.4) is 0 Å². The first-order chi connectivity index (χ1) is 11.9. The fourth-order valence-electron chi connectivity index (χ4n) is 3.90. The number of hydrogen-bond acceptors (Lipinski definition) is 3. The van der Waals surface area contributed by atoms with Crippen LogP contribution in [0.2, 0.25) is 0 Å². The molecule has 134 valence electrons. The van der Waals surface area contributed by atoms with Crippen LogP contribution < -0.4 is 5.56 Å². The first kappa shape index (κ1) is 17.6. The fourth-order valence-corrected chi connectivity index (χ4v) is 3.90. The maximum atomic E-state index is 13.2. The van der Waals surface area contributed by atoms with Crippen molar-refractivity contribution >= 4 is 16.7 Å². The molecular weight excluding hydrogens is 314 g/mol. The third-order valence-corrected chi connectivity index (χ3v) is 5.40. The Bertz CT molecular complexity index is 840. The van der Waals surface area contributed by atoms with E-state index < -0.39 is 0 Å². The zero-order valence-corrected chi connectivity index (χ0v) is 15.5. The highest BCUT2D eigenvalue weighted by atomic mass is 16.2. The second-order valence-corrected chi connectivity index (χ2v) is 7.48. The summed E-state index contributed by atoms with van der Waals surface area (Å²) in [7, 11) is 1.87. The van der Waals surface area contributed by atoms with E-state index >= 15 is 0 Å². The van der Waals surface area contributed by atoms with E-state index in [1.165, 1.54) is 11.1 Å². The number of benzene rings is 1. The summed E-state index contributed by atoms with van der Waals surface area (Å²) in [4.78, 5) is 27.7. The number of amides is 1. The molecule has 25 heavy (non-hydrogen) atoms. The lowest BCUT2D eigenvalue weighted by Gasteiger charge is -2.36. The average molecular weight is 341 g/mol. The van der Waals surface area contributed by atoms with Crippen LogP contribution in [-0.2, 0) is 0 Å². The molecule has 1 aromatic heterocycles. The molecule has 1 saturated carbocycles. The van der Waals surface area contributed by atoms with Gasteiger partial charge in [-0.3, -0.25) is 9.59 Å². The third kappa shape index (κ3) is 3.20. The molecule has 2 aromatic rings. The molecule has 1 aliphatic carbocycles. The highest BCUT2D eigenvalue weighted by molar-refractivity contribution is 6.04. The zero-order valence-electron chi connectivity index (χ0n) is 15.5. The van der Waals surface area contributed by atoms with Gasteiger partial charge in [0.1, 0.15) is 0 Å². The highest BCUT2D eigenvalue weighted by Gasteiger charge is 2.30. The number of hydrogen-bond donors (Lipinski definition) is 0. The Morgan fingerprint density at radius 2 is 1.84 bits per heavy atom. The molecule has 2 unspecified atom stereocenters. The molecule has 0 radical (unpaired) electrons. The summed E-state index contributed by atoms with van der Waals surface area (Å²) < 4.78 is 1.42. The summed E-state index contributed by atoms with van der Waals surface area (Å²) >= 11 is 0.